The molecule has 0 saturated carbocycles. The van der Waals surface area contributed by atoms with E-state index in [4.69, 9.17) is 11.6 Å². The lowest BCUT2D eigenvalue weighted by atomic mass is 9.99. The van der Waals surface area contributed by atoms with Crippen molar-refractivity contribution in [2.24, 2.45) is 0 Å². The molecular formula is C16H23ClFN. The number of unbranched alkanes of at least 4 members (excludes halogenated alkanes) is 3. The monoisotopic (exact) mass is 283 g/mol. The van der Waals surface area contributed by atoms with Gasteiger partial charge in [0, 0.05) is 6.04 Å². The topological polar surface area (TPSA) is 12.0 Å². The Bertz CT molecular complexity index is 392. The van der Waals surface area contributed by atoms with Crippen LogP contribution in [0, 0.1) is 5.82 Å². The van der Waals surface area contributed by atoms with Crippen LogP contribution in [-0.2, 0) is 0 Å². The van der Waals surface area contributed by atoms with E-state index >= 15 is 0 Å². The van der Waals surface area contributed by atoms with Crippen molar-refractivity contribution in [3.05, 3.63) is 47.3 Å². The Morgan fingerprint density at radius 2 is 2.16 bits per heavy atom. The molecular weight excluding hydrogens is 261 g/mol. The van der Waals surface area contributed by atoms with Gasteiger partial charge in [0.1, 0.15) is 5.82 Å². The van der Waals surface area contributed by atoms with E-state index in [1.54, 1.807) is 6.07 Å². The third-order valence-electron chi connectivity index (χ3n) is 3.21. The summed E-state index contributed by atoms with van der Waals surface area (Å²) in [7, 11) is 0. The van der Waals surface area contributed by atoms with Crippen LogP contribution in [0.4, 0.5) is 4.39 Å². The highest BCUT2D eigenvalue weighted by molar-refractivity contribution is 6.31. The number of rotatable bonds is 9. The number of nitrogens with one attached hydrogen (secondary N) is 1. The third kappa shape index (κ3) is 5.33. The minimum absolute atomic E-state index is 0.136. The maximum Gasteiger partial charge on any atom is 0.142 e. The molecule has 0 bridgehead atoms. The van der Waals surface area contributed by atoms with E-state index in [2.05, 4.69) is 18.8 Å². The zero-order chi connectivity index (χ0) is 14.1. The molecule has 0 amide bonds. The fourth-order valence-corrected chi connectivity index (χ4v) is 2.48. The number of halogens is 2. The Labute approximate surface area is 120 Å². The molecule has 0 aromatic heterocycles. The smallest absolute Gasteiger partial charge is 0.142 e. The number of hydrogen-bond acceptors (Lipinski definition) is 1. The second kappa shape index (κ2) is 9.11. The number of benzene rings is 1. The van der Waals surface area contributed by atoms with Gasteiger partial charge in [-0.25, -0.2) is 4.39 Å². The van der Waals surface area contributed by atoms with E-state index in [0.717, 1.165) is 31.4 Å². The van der Waals surface area contributed by atoms with Crippen molar-refractivity contribution in [3.63, 3.8) is 0 Å². The quantitative estimate of drug-likeness (QED) is 0.481. The summed E-state index contributed by atoms with van der Waals surface area (Å²) in [5.74, 6) is -0.339. The highest BCUT2D eigenvalue weighted by atomic mass is 35.5. The number of allylic oxidation sites excluding steroid dienone is 1. The Morgan fingerprint density at radius 3 is 2.84 bits per heavy atom. The Hall–Kier alpha value is -0.860. The molecule has 19 heavy (non-hydrogen) atoms. The molecule has 1 N–H and O–H groups in total. The normalized spacial score (nSPS) is 12.4. The molecule has 0 saturated heterocycles. The maximum absolute atomic E-state index is 13.5. The Morgan fingerprint density at radius 1 is 1.37 bits per heavy atom. The Balaban J connectivity index is 2.60. The SMILES string of the molecule is C=CCCCCCC(NCC)c1cccc(F)c1Cl. The van der Waals surface area contributed by atoms with E-state index in [1.807, 2.05) is 12.1 Å². The molecule has 0 spiro atoms. The summed E-state index contributed by atoms with van der Waals surface area (Å²) in [6.45, 7) is 6.63. The van der Waals surface area contributed by atoms with E-state index in [9.17, 15) is 4.39 Å². The average molecular weight is 284 g/mol. The van der Waals surface area contributed by atoms with Gasteiger partial charge in [0.05, 0.1) is 5.02 Å². The van der Waals surface area contributed by atoms with Gasteiger partial charge in [-0.15, -0.1) is 6.58 Å². The highest BCUT2D eigenvalue weighted by Gasteiger charge is 2.15. The molecule has 0 fully saturated rings. The zero-order valence-electron chi connectivity index (χ0n) is 11.6. The third-order valence-corrected chi connectivity index (χ3v) is 3.61. The molecule has 106 valence electrons. The van der Waals surface area contributed by atoms with Crippen LogP contribution in [0.5, 0.6) is 0 Å². The van der Waals surface area contributed by atoms with E-state index in [0.29, 0.717) is 0 Å². The van der Waals surface area contributed by atoms with Crippen molar-refractivity contribution in [2.45, 2.75) is 45.1 Å². The van der Waals surface area contributed by atoms with Crippen LogP contribution in [0.25, 0.3) is 0 Å². The van der Waals surface area contributed by atoms with Crippen molar-refractivity contribution in [1.29, 1.82) is 0 Å². The fraction of sp³-hybridized carbons (Fsp3) is 0.500. The highest BCUT2D eigenvalue weighted by Crippen LogP contribution is 2.28. The molecule has 0 heterocycles. The largest absolute Gasteiger partial charge is 0.310 e. The summed E-state index contributed by atoms with van der Waals surface area (Å²) in [5, 5.41) is 3.64. The molecule has 3 heteroatoms. The van der Waals surface area contributed by atoms with E-state index in [-0.39, 0.29) is 16.9 Å². The van der Waals surface area contributed by atoms with Gasteiger partial charge in [-0.05, 0) is 37.4 Å². The van der Waals surface area contributed by atoms with Gasteiger partial charge in [-0.2, -0.15) is 0 Å². The molecule has 1 nitrogen and oxygen atoms in total. The van der Waals surface area contributed by atoms with Crippen LogP contribution in [0.2, 0.25) is 5.02 Å². The second-order valence-electron chi connectivity index (χ2n) is 4.68. The summed E-state index contributed by atoms with van der Waals surface area (Å²) in [4.78, 5) is 0. The van der Waals surface area contributed by atoms with Gasteiger partial charge in [-0.3, -0.25) is 0 Å². The lowest BCUT2D eigenvalue weighted by molar-refractivity contribution is 0.481. The zero-order valence-corrected chi connectivity index (χ0v) is 12.3. The van der Waals surface area contributed by atoms with Crippen LogP contribution in [0.15, 0.2) is 30.9 Å². The summed E-state index contributed by atoms with van der Waals surface area (Å²) < 4.78 is 13.5. The van der Waals surface area contributed by atoms with Gasteiger partial charge < -0.3 is 5.32 Å². The standard InChI is InChI=1S/C16H23ClFN/c1-3-5-6-7-8-12-15(19-4-2)13-10-9-11-14(18)16(13)17/h3,9-11,15,19H,1,4-8,12H2,2H3. The number of hydrogen-bond donors (Lipinski definition) is 1. The van der Waals surface area contributed by atoms with Gasteiger partial charge in [-0.1, -0.05) is 49.6 Å². The first-order chi connectivity index (χ1) is 9.20. The van der Waals surface area contributed by atoms with Gasteiger partial charge >= 0.3 is 0 Å². The van der Waals surface area contributed by atoms with Crippen molar-refractivity contribution in [1.82, 2.24) is 5.32 Å². The molecule has 0 aliphatic heterocycles. The summed E-state index contributed by atoms with van der Waals surface area (Å²) in [6, 6.07) is 5.16. The predicted molar refractivity (Wildman–Crippen MR) is 81.1 cm³/mol. The molecule has 0 radical (unpaired) electrons. The van der Waals surface area contributed by atoms with Crippen LogP contribution in [0.1, 0.15) is 50.6 Å². The van der Waals surface area contributed by atoms with Crippen LogP contribution in [-0.4, -0.2) is 6.54 Å². The first-order valence-electron chi connectivity index (χ1n) is 6.98. The van der Waals surface area contributed by atoms with E-state index < -0.39 is 0 Å². The lowest BCUT2D eigenvalue weighted by Crippen LogP contribution is -2.21. The lowest BCUT2D eigenvalue weighted by Gasteiger charge is -2.19. The molecule has 1 unspecified atom stereocenters. The maximum atomic E-state index is 13.5. The van der Waals surface area contributed by atoms with Crippen molar-refractivity contribution in [3.8, 4) is 0 Å². The minimum Gasteiger partial charge on any atom is -0.310 e. The van der Waals surface area contributed by atoms with Crippen molar-refractivity contribution < 1.29 is 4.39 Å². The van der Waals surface area contributed by atoms with Gasteiger partial charge in [0.2, 0.25) is 0 Å². The molecule has 1 atom stereocenters. The first-order valence-corrected chi connectivity index (χ1v) is 7.36. The molecule has 1 aromatic carbocycles. The molecule has 1 rings (SSSR count). The van der Waals surface area contributed by atoms with E-state index in [1.165, 1.54) is 18.9 Å². The van der Waals surface area contributed by atoms with Gasteiger partial charge in [0.15, 0.2) is 0 Å². The predicted octanol–water partition coefficient (Wildman–Crippen LogP) is 5.27. The first kappa shape index (κ1) is 16.2. The minimum atomic E-state index is -0.339. The molecule has 0 aliphatic carbocycles. The summed E-state index contributed by atoms with van der Waals surface area (Å²) >= 11 is 6.06. The van der Waals surface area contributed by atoms with Gasteiger partial charge in [0.25, 0.3) is 0 Å². The molecule has 1 aromatic rings. The molecule has 0 aliphatic rings. The second-order valence-corrected chi connectivity index (χ2v) is 5.06. The van der Waals surface area contributed by atoms with Crippen LogP contribution >= 0.6 is 11.6 Å². The van der Waals surface area contributed by atoms with Crippen LogP contribution < -0.4 is 5.32 Å². The van der Waals surface area contributed by atoms with Crippen molar-refractivity contribution in [2.75, 3.05) is 6.54 Å². The van der Waals surface area contributed by atoms with Crippen LogP contribution in [0.3, 0.4) is 0 Å². The average Bonchev–Trinajstić information content (AvgIpc) is 2.41. The fourth-order valence-electron chi connectivity index (χ4n) is 2.22. The van der Waals surface area contributed by atoms with Crippen molar-refractivity contribution >= 4 is 11.6 Å². The Kier molecular flexibility index (Phi) is 7.76. The summed E-state index contributed by atoms with van der Waals surface area (Å²) in [5.41, 5.74) is 0.868. The summed E-state index contributed by atoms with van der Waals surface area (Å²) in [6.07, 6.45) is 7.43.